The number of hydrogen-bond donors (Lipinski definition) is 1. The lowest BCUT2D eigenvalue weighted by Gasteiger charge is -2.35. The Bertz CT molecular complexity index is 313. The van der Waals surface area contributed by atoms with Gasteiger partial charge in [0.2, 0.25) is 0 Å². The van der Waals surface area contributed by atoms with Crippen LogP contribution < -0.4 is 5.43 Å². The van der Waals surface area contributed by atoms with Crippen LogP contribution in [0.25, 0.3) is 0 Å². The summed E-state index contributed by atoms with van der Waals surface area (Å²) in [6.07, 6.45) is 5.07. The molecule has 2 rings (SSSR count). The fourth-order valence-corrected chi connectivity index (χ4v) is 2.40. The maximum atomic E-state index is 5.98. The molecule has 2 aliphatic heterocycles. The highest BCUT2D eigenvalue weighted by molar-refractivity contribution is 9.11. The number of hydrogen-bond acceptors (Lipinski definition) is 3. The van der Waals surface area contributed by atoms with Crippen LogP contribution >= 0.6 is 39.1 Å². The predicted octanol–water partition coefficient (Wildman–Crippen LogP) is 3.22. The van der Waals surface area contributed by atoms with Crippen molar-refractivity contribution >= 4 is 39.1 Å². The van der Waals surface area contributed by atoms with E-state index in [2.05, 4.69) is 21.4 Å². The second-order valence-electron chi connectivity index (χ2n) is 3.45. The summed E-state index contributed by atoms with van der Waals surface area (Å²) in [6, 6.07) is 0. The van der Waals surface area contributed by atoms with E-state index in [4.69, 9.17) is 27.9 Å². The number of rotatable bonds is 1. The zero-order valence-electron chi connectivity index (χ0n) is 7.97. The molecule has 0 bridgehead atoms. The van der Waals surface area contributed by atoms with Crippen molar-refractivity contribution in [2.24, 2.45) is 0 Å². The Labute approximate surface area is 107 Å². The van der Waals surface area contributed by atoms with Crippen LogP contribution in [-0.4, -0.2) is 17.8 Å². The van der Waals surface area contributed by atoms with Gasteiger partial charge in [0, 0.05) is 12.8 Å². The van der Waals surface area contributed by atoms with Gasteiger partial charge in [-0.1, -0.05) is 23.2 Å². The van der Waals surface area contributed by atoms with Gasteiger partial charge in [-0.2, -0.15) is 0 Å². The molecule has 0 aliphatic carbocycles. The Morgan fingerprint density at radius 1 is 1.47 bits per heavy atom. The Morgan fingerprint density at radius 2 is 2.27 bits per heavy atom. The zero-order chi connectivity index (χ0) is 10.8. The van der Waals surface area contributed by atoms with Gasteiger partial charge in [0.05, 0.1) is 10.1 Å². The van der Waals surface area contributed by atoms with E-state index in [0.29, 0.717) is 14.7 Å². The highest BCUT2D eigenvalue weighted by atomic mass is 79.9. The fraction of sp³-hybridized carbons (Fsp3) is 0.556. The van der Waals surface area contributed by atoms with E-state index in [1.807, 2.05) is 5.01 Å². The highest BCUT2D eigenvalue weighted by Crippen LogP contribution is 2.30. The summed E-state index contributed by atoms with van der Waals surface area (Å²) >= 11 is 15.2. The van der Waals surface area contributed by atoms with E-state index < -0.39 is 0 Å². The maximum absolute atomic E-state index is 5.98. The average molecular weight is 314 g/mol. The maximum Gasteiger partial charge on any atom is 0.148 e. The van der Waals surface area contributed by atoms with Gasteiger partial charge in [-0.25, -0.2) is 0 Å². The normalized spacial score (nSPS) is 27.5. The van der Waals surface area contributed by atoms with Crippen LogP contribution in [-0.2, 0) is 4.74 Å². The Morgan fingerprint density at radius 3 is 2.87 bits per heavy atom. The minimum atomic E-state index is 0.0322. The van der Waals surface area contributed by atoms with Crippen LogP contribution in [0.4, 0.5) is 0 Å². The first-order valence-corrected chi connectivity index (χ1v) is 6.33. The molecule has 1 fully saturated rings. The molecule has 1 unspecified atom stereocenters. The third kappa shape index (κ3) is 2.61. The van der Waals surface area contributed by atoms with Crippen LogP contribution in [0.3, 0.4) is 0 Å². The topological polar surface area (TPSA) is 24.5 Å². The van der Waals surface area contributed by atoms with Crippen LogP contribution in [0.15, 0.2) is 20.9 Å². The third-order valence-electron chi connectivity index (χ3n) is 2.35. The van der Waals surface area contributed by atoms with Crippen molar-refractivity contribution in [3.05, 3.63) is 20.9 Å². The van der Waals surface area contributed by atoms with Crippen molar-refractivity contribution in [1.29, 1.82) is 0 Å². The van der Waals surface area contributed by atoms with Crippen LogP contribution in [0.2, 0.25) is 0 Å². The molecule has 0 saturated carbocycles. The van der Waals surface area contributed by atoms with E-state index >= 15 is 0 Å². The molecule has 6 heteroatoms. The van der Waals surface area contributed by atoms with E-state index in [1.54, 1.807) is 6.20 Å². The molecule has 0 amide bonds. The van der Waals surface area contributed by atoms with Crippen LogP contribution in [0.1, 0.15) is 19.3 Å². The third-order valence-corrected chi connectivity index (χ3v) is 3.93. The first-order chi connectivity index (χ1) is 7.18. The molecule has 1 N–H and O–H groups in total. The minimum absolute atomic E-state index is 0.0322. The van der Waals surface area contributed by atoms with Gasteiger partial charge in [0.1, 0.15) is 10.8 Å². The number of hydrazine groups is 1. The van der Waals surface area contributed by atoms with Crippen molar-refractivity contribution < 1.29 is 4.74 Å². The monoisotopic (exact) mass is 312 g/mol. The van der Waals surface area contributed by atoms with Gasteiger partial charge < -0.3 is 4.74 Å². The number of nitrogens with zero attached hydrogens (tertiary/aromatic N) is 1. The van der Waals surface area contributed by atoms with E-state index in [-0.39, 0.29) is 6.23 Å². The molecule has 0 radical (unpaired) electrons. The average Bonchev–Trinajstić information content (AvgIpc) is 2.26. The summed E-state index contributed by atoms with van der Waals surface area (Å²) in [5.74, 6) is 0. The summed E-state index contributed by atoms with van der Waals surface area (Å²) < 4.78 is 6.30. The Balaban J connectivity index is 2.07. The minimum Gasteiger partial charge on any atom is -0.357 e. The molecular formula is C9H11BrCl2N2O. The van der Waals surface area contributed by atoms with Crippen molar-refractivity contribution in [3.8, 4) is 0 Å². The molecule has 15 heavy (non-hydrogen) atoms. The SMILES string of the molecule is ClC1=CN(C2CCCCO2)NC(Br)=C1Cl. The first-order valence-electron chi connectivity index (χ1n) is 4.78. The molecule has 0 aromatic heterocycles. The molecule has 1 atom stereocenters. The first kappa shape index (κ1) is 11.6. The number of halogens is 3. The predicted molar refractivity (Wildman–Crippen MR) is 64.3 cm³/mol. The summed E-state index contributed by atoms with van der Waals surface area (Å²) in [4.78, 5) is 0. The van der Waals surface area contributed by atoms with Gasteiger partial charge in [-0.05, 0) is 35.2 Å². The number of nitrogens with one attached hydrogen (secondary N) is 1. The zero-order valence-corrected chi connectivity index (χ0v) is 11.1. The molecule has 3 nitrogen and oxygen atoms in total. The lowest BCUT2D eigenvalue weighted by atomic mass is 10.2. The summed E-state index contributed by atoms with van der Waals surface area (Å²) in [5.41, 5.74) is 3.08. The molecule has 0 aromatic carbocycles. The molecule has 2 heterocycles. The van der Waals surface area contributed by atoms with Gasteiger partial charge in [-0.15, -0.1) is 0 Å². The summed E-state index contributed by atoms with van der Waals surface area (Å²) in [7, 11) is 0. The number of allylic oxidation sites excluding steroid dienone is 2. The quantitative estimate of drug-likeness (QED) is 0.752. The largest absolute Gasteiger partial charge is 0.357 e. The molecule has 2 aliphatic rings. The summed E-state index contributed by atoms with van der Waals surface area (Å²) in [6.45, 7) is 0.795. The lowest BCUT2D eigenvalue weighted by molar-refractivity contribution is -0.0801. The van der Waals surface area contributed by atoms with Gasteiger partial charge in [-0.3, -0.25) is 10.4 Å². The molecule has 0 spiro atoms. The Kier molecular flexibility index (Phi) is 3.83. The molecular weight excluding hydrogens is 303 g/mol. The van der Waals surface area contributed by atoms with Crippen molar-refractivity contribution in [1.82, 2.24) is 10.4 Å². The second kappa shape index (κ2) is 4.95. The van der Waals surface area contributed by atoms with Gasteiger partial charge in [0.15, 0.2) is 0 Å². The van der Waals surface area contributed by atoms with Gasteiger partial charge >= 0.3 is 0 Å². The van der Waals surface area contributed by atoms with Crippen molar-refractivity contribution in [2.75, 3.05) is 6.61 Å². The van der Waals surface area contributed by atoms with Gasteiger partial charge in [0.25, 0.3) is 0 Å². The number of ether oxygens (including phenoxy) is 1. The van der Waals surface area contributed by atoms with Crippen molar-refractivity contribution in [2.45, 2.75) is 25.5 Å². The van der Waals surface area contributed by atoms with E-state index in [1.165, 1.54) is 6.42 Å². The smallest absolute Gasteiger partial charge is 0.148 e. The lowest BCUT2D eigenvalue weighted by Crippen LogP contribution is -2.45. The fourth-order valence-electron chi connectivity index (χ4n) is 1.58. The molecule has 0 aromatic rings. The van der Waals surface area contributed by atoms with Crippen LogP contribution in [0.5, 0.6) is 0 Å². The van der Waals surface area contributed by atoms with Crippen LogP contribution in [0, 0.1) is 0 Å². The molecule has 84 valence electrons. The highest BCUT2D eigenvalue weighted by Gasteiger charge is 2.24. The molecule has 1 saturated heterocycles. The second-order valence-corrected chi connectivity index (χ2v) is 5.02. The summed E-state index contributed by atoms with van der Waals surface area (Å²) in [5, 5.41) is 2.84. The standard InChI is InChI=1S/C9H11BrCl2N2O/c10-9-8(12)6(11)5-14(13-9)7-3-1-2-4-15-7/h5,7,13H,1-4H2. The van der Waals surface area contributed by atoms with E-state index in [9.17, 15) is 0 Å². The van der Waals surface area contributed by atoms with E-state index in [0.717, 1.165) is 19.4 Å². The Hall–Kier alpha value is 0.1000. The van der Waals surface area contributed by atoms with Crippen molar-refractivity contribution in [3.63, 3.8) is 0 Å².